The highest BCUT2D eigenvalue weighted by atomic mass is 127. The average molecular weight is 484 g/mol. The van der Waals surface area contributed by atoms with Crippen molar-refractivity contribution in [2.24, 2.45) is 0 Å². The van der Waals surface area contributed by atoms with E-state index in [-0.39, 0.29) is 24.6 Å². The Balaban J connectivity index is 2.06. The minimum absolute atomic E-state index is 0.105. The van der Waals surface area contributed by atoms with Crippen molar-refractivity contribution in [1.29, 1.82) is 0 Å². The molecule has 6 nitrogen and oxygen atoms in total. The van der Waals surface area contributed by atoms with E-state index < -0.39 is 0 Å². The number of H-pyrrole nitrogens is 1. The second kappa shape index (κ2) is 7.91. The first-order valence-corrected chi connectivity index (χ1v) is 9.91. The molecule has 0 radical (unpaired) electrons. The van der Waals surface area contributed by atoms with Crippen LogP contribution in [0.1, 0.15) is 41.7 Å². The first-order chi connectivity index (χ1) is 12.4. The van der Waals surface area contributed by atoms with Crippen molar-refractivity contribution in [2.45, 2.75) is 32.9 Å². The summed E-state index contributed by atoms with van der Waals surface area (Å²) in [5.74, 6) is -0.289. The zero-order valence-corrected chi connectivity index (χ0v) is 17.8. The van der Waals surface area contributed by atoms with Crippen LogP contribution in [0.25, 0.3) is 0 Å². The Morgan fingerprint density at radius 3 is 2.73 bits per heavy atom. The number of esters is 1. The molecule has 0 spiro atoms. The first-order valence-electron chi connectivity index (χ1n) is 8.42. The SMILES string of the molecule is CCOC(=O)CN1C(=S)N[C@H](c2ccccn2)[C@@H]1c1c(C)[nH]c(C)c1I. The third-order valence-electron chi connectivity index (χ3n) is 4.44. The maximum absolute atomic E-state index is 12.2. The van der Waals surface area contributed by atoms with E-state index in [1.165, 1.54) is 0 Å². The molecule has 26 heavy (non-hydrogen) atoms. The number of carbonyl (C=O) groups is 1. The molecular weight excluding hydrogens is 463 g/mol. The summed E-state index contributed by atoms with van der Waals surface area (Å²) >= 11 is 7.90. The number of aromatic nitrogens is 2. The van der Waals surface area contributed by atoms with Gasteiger partial charge in [0.2, 0.25) is 0 Å². The molecule has 2 aromatic rings. The predicted molar refractivity (Wildman–Crippen MR) is 112 cm³/mol. The van der Waals surface area contributed by atoms with Crippen molar-refractivity contribution in [2.75, 3.05) is 13.2 Å². The number of rotatable bonds is 5. The number of hydrogen-bond donors (Lipinski definition) is 2. The third kappa shape index (κ3) is 3.57. The summed E-state index contributed by atoms with van der Waals surface area (Å²) in [5, 5.41) is 3.88. The lowest BCUT2D eigenvalue weighted by molar-refractivity contribution is -0.143. The maximum atomic E-state index is 12.2. The number of nitrogens with one attached hydrogen (secondary N) is 2. The molecule has 3 rings (SSSR count). The number of nitrogens with zero attached hydrogens (tertiary/aromatic N) is 2. The molecule has 2 atom stereocenters. The fourth-order valence-corrected chi connectivity index (χ4v) is 4.52. The highest BCUT2D eigenvalue weighted by Crippen LogP contribution is 2.42. The van der Waals surface area contributed by atoms with Gasteiger partial charge in [-0.25, -0.2) is 0 Å². The van der Waals surface area contributed by atoms with E-state index >= 15 is 0 Å². The van der Waals surface area contributed by atoms with Crippen LogP contribution in [0.2, 0.25) is 0 Å². The van der Waals surface area contributed by atoms with E-state index in [2.05, 4.69) is 37.9 Å². The molecule has 2 N–H and O–H groups in total. The first kappa shape index (κ1) is 19.1. The second-order valence-electron chi connectivity index (χ2n) is 6.16. The maximum Gasteiger partial charge on any atom is 0.325 e. The van der Waals surface area contributed by atoms with Gasteiger partial charge in [-0.1, -0.05) is 6.07 Å². The number of pyridine rings is 1. The molecule has 0 unspecified atom stereocenters. The Kier molecular flexibility index (Phi) is 5.81. The van der Waals surface area contributed by atoms with E-state index in [0.717, 1.165) is 26.2 Å². The summed E-state index contributed by atoms with van der Waals surface area (Å²) < 4.78 is 6.29. The zero-order chi connectivity index (χ0) is 18.8. The molecule has 8 heteroatoms. The lowest BCUT2D eigenvalue weighted by Gasteiger charge is -2.27. The Labute approximate surface area is 171 Å². The number of hydrogen-bond acceptors (Lipinski definition) is 4. The number of thiocarbonyl (C=S) groups is 1. The Hall–Kier alpha value is -1.68. The van der Waals surface area contributed by atoms with Crippen molar-refractivity contribution in [3.8, 4) is 0 Å². The summed E-state index contributed by atoms with van der Waals surface area (Å²) in [6.45, 7) is 6.35. The molecule has 0 aliphatic carbocycles. The van der Waals surface area contributed by atoms with Crippen LogP contribution in [-0.2, 0) is 9.53 Å². The van der Waals surface area contributed by atoms with Gasteiger partial charge in [0.1, 0.15) is 6.54 Å². The molecule has 1 aliphatic heterocycles. The van der Waals surface area contributed by atoms with Gasteiger partial charge in [0.05, 0.1) is 24.4 Å². The number of carbonyl (C=O) groups excluding carboxylic acids is 1. The smallest absolute Gasteiger partial charge is 0.325 e. The summed E-state index contributed by atoms with van der Waals surface area (Å²) in [4.78, 5) is 22.0. The highest BCUT2D eigenvalue weighted by Gasteiger charge is 2.43. The average Bonchev–Trinajstić information content (AvgIpc) is 3.05. The van der Waals surface area contributed by atoms with Crippen LogP contribution in [0, 0.1) is 17.4 Å². The molecule has 0 saturated carbocycles. The molecule has 3 heterocycles. The molecular formula is C18H21IN4O2S. The van der Waals surface area contributed by atoms with Gasteiger partial charge in [0.25, 0.3) is 0 Å². The van der Waals surface area contributed by atoms with Crippen LogP contribution in [0.3, 0.4) is 0 Å². The monoisotopic (exact) mass is 484 g/mol. The molecule has 1 aliphatic rings. The second-order valence-corrected chi connectivity index (χ2v) is 7.63. The molecule has 0 amide bonds. The van der Waals surface area contributed by atoms with Crippen LogP contribution in [0.4, 0.5) is 0 Å². The Morgan fingerprint density at radius 2 is 2.15 bits per heavy atom. The molecule has 0 aromatic carbocycles. The number of ether oxygens (including phenoxy) is 1. The number of aromatic amines is 1. The van der Waals surface area contributed by atoms with E-state index in [0.29, 0.717) is 11.7 Å². The van der Waals surface area contributed by atoms with Gasteiger partial charge in [-0.3, -0.25) is 9.78 Å². The highest BCUT2D eigenvalue weighted by molar-refractivity contribution is 14.1. The minimum Gasteiger partial charge on any atom is -0.465 e. The van der Waals surface area contributed by atoms with Gasteiger partial charge in [-0.05, 0) is 67.7 Å². The van der Waals surface area contributed by atoms with Gasteiger partial charge >= 0.3 is 5.97 Å². The Morgan fingerprint density at radius 1 is 1.38 bits per heavy atom. The molecule has 1 saturated heterocycles. The van der Waals surface area contributed by atoms with E-state index in [9.17, 15) is 4.79 Å². The lowest BCUT2D eigenvalue weighted by Crippen LogP contribution is -2.35. The van der Waals surface area contributed by atoms with Crippen molar-refractivity contribution < 1.29 is 9.53 Å². The minimum atomic E-state index is -0.289. The summed E-state index contributed by atoms with van der Waals surface area (Å²) in [7, 11) is 0. The van der Waals surface area contributed by atoms with Crippen LogP contribution in [0.5, 0.6) is 0 Å². The predicted octanol–water partition coefficient (Wildman–Crippen LogP) is 3.17. The summed E-state index contributed by atoms with van der Waals surface area (Å²) in [6, 6.07) is 5.54. The third-order valence-corrected chi connectivity index (χ3v) is 6.19. The van der Waals surface area contributed by atoms with Gasteiger partial charge < -0.3 is 19.9 Å². The lowest BCUT2D eigenvalue weighted by atomic mass is 9.97. The van der Waals surface area contributed by atoms with Crippen LogP contribution < -0.4 is 5.32 Å². The van der Waals surface area contributed by atoms with Crippen LogP contribution >= 0.6 is 34.8 Å². The van der Waals surface area contributed by atoms with Crippen molar-refractivity contribution in [3.63, 3.8) is 0 Å². The normalized spacial score (nSPS) is 19.5. The van der Waals surface area contributed by atoms with Crippen LogP contribution in [-0.4, -0.2) is 39.1 Å². The van der Waals surface area contributed by atoms with Gasteiger partial charge in [0.15, 0.2) is 5.11 Å². The quantitative estimate of drug-likeness (QED) is 0.386. The van der Waals surface area contributed by atoms with Crippen LogP contribution in [0.15, 0.2) is 24.4 Å². The standard InChI is InChI=1S/C18H21IN4O2S/c1-4-25-13(24)9-23-17(14-10(2)21-11(3)15(14)19)16(22-18(23)26)12-7-5-6-8-20-12/h5-8,16-17,21H,4,9H2,1-3H3,(H,22,26)/t16-,17+/m1/s1. The molecule has 1 fully saturated rings. The van der Waals surface area contributed by atoms with E-state index in [1.807, 2.05) is 36.9 Å². The van der Waals surface area contributed by atoms with Crippen molar-refractivity contribution in [1.82, 2.24) is 20.2 Å². The Bertz CT molecular complexity index is 824. The summed E-state index contributed by atoms with van der Waals surface area (Å²) in [6.07, 6.45) is 1.77. The van der Waals surface area contributed by atoms with E-state index in [1.54, 1.807) is 13.1 Å². The molecule has 2 aromatic heterocycles. The largest absolute Gasteiger partial charge is 0.465 e. The number of halogens is 1. The number of aryl methyl sites for hydroxylation is 2. The fraction of sp³-hybridized carbons (Fsp3) is 0.389. The zero-order valence-electron chi connectivity index (χ0n) is 14.9. The fourth-order valence-electron chi connectivity index (χ4n) is 3.36. The topological polar surface area (TPSA) is 70.2 Å². The van der Waals surface area contributed by atoms with E-state index in [4.69, 9.17) is 17.0 Å². The van der Waals surface area contributed by atoms with Crippen molar-refractivity contribution >= 4 is 45.9 Å². The summed E-state index contributed by atoms with van der Waals surface area (Å²) in [5.41, 5.74) is 4.20. The molecule has 0 bridgehead atoms. The van der Waals surface area contributed by atoms with Gasteiger partial charge in [-0.15, -0.1) is 0 Å². The molecule has 138 valence electrons. The van der Waals surface area contributed by atoms with Crippen molar-refractivity contribution in [3.05, 3.63) is 50.6 Å². The van der Waals surface area contributed by atoms with Gasteiger partial charge in [-0.2, -0.15) is 0 Å². The van der Waals surface area contributed by atoms with Gasteiger partial charge in [0, 0.05) is 26.7 Å².